The van der Waals surface area contributed by atoms with Gasteiger partial charge in [-0.3, -0.25) is 9.55 Å². The van der Waals surface area contributed by atoms with Gasteiger partial charge in [0.25, 0.3) is 0 Å². The van der Waals surface area contributed by atoms with Crippen LogP contribution in [0.4, 0.5) is 22.7 Å². The first-order chi connectivity index (χ1) is 33.2. The fourth-order valence-corrected chi connectivity index (χ4v) is 11.9. The van der Waals surface area contributed by atoms with Crippen molar-refractivity contribution in [3.63, 3.8) is 0 Å². The van der Waals surface area contributed by atoms with E-state index in [1.807, 2.05) is 30.7 Å². The lowest BCUT2D eigenvalue weighted by molar-refractivity contribution is 0.482. The van der Waals surface area contributed by atoms with Crippen LogP contribution in [0.2, 0.25) is 0 Å². The van der Waals surface area contributed by atoms with Gasteiger partial charge < -0.3 is 14.5 Å². The summed E-state index contributed by atoms with van der Waals surface area (Å²) in [6.45, 7) is 29.3. The third kappa shape index (κ3) is 6.44. The number of para-hydroxylation sites is 2. The van der Waals surface area contributed by atoms with E-state index in [-0.39, 0.29) is 21.7 Å². The van der Waals surface area contributed by atoms with Crippen molar-refractivity contribution in [2.24, 2.45) is 0 Å². The number of anilines is 4. The molecule has 1 aliphatic carbocycles. The topological polar surface area (TPSA) is 46.4 Å². The Labute approximate surface area is 413 Å². The Bertz CT molecular complexity index is 3510. The van der Waals surface area contributed by atoms with Crippen LogP contribution in [0.15, 0.2) is 152 Å². The predicted octanol–water partition coefficient (Wildman–Crippen LogP) is 16.5. The summed E-state index contributed by atoms with van der Waals surface area (Å²) in [4.78, 5) is 14.3. The molecule has 350 valence electrons. The average molecular weight is 918 g/mol. The van der Waals surface area contributed by atoms with Crippen molar-refractivity contribution in [3.05, 3.63) is 197 Å². The molecule has 0 atom stereocenters. The van der Waals surface area contributed by atoms with Gasteiger partial charge in [0, 0.05) is 47.2 Å². The van der Waals surface area contributed by atoms with E-state index in [0.717, 1.165) is 45.1 Å². The van der Waals surface area contributed by atoms with E-state index in [4.69, 9.17) is 9.72 Å². The van der Waals surface area contributed by atoms with E-state index >= 15 is 0 Å². The van der Waals surface area contributed by atoms with Gasteiger partial charge in [-0.25, -0.2) is 4.98 Å². The third-order valence-electron chi connectivity index (χ3n) is 15.3. The lowest BCUT2D eigenvalue weighted by Gasteiger charge is -2.46. The molecule has 5 heterocycles. The standard InChI is InChI=1S/C64H63N5O/c1-60(2,3)39-32-46-47-33-40(61(4,5)6)35-51(63(10,11)12)58(47)64(57(46)50(34-39)62(7,8)9)48-26-24-43(37-55(48)68-38-67(41-27-30-65-31-28-41)53-21-17-19-49(64)59(53)68)70-42-23-25-45-44-18-13-14-20-52(44)69(54(45)36-42)56-22-15-16-29-66-56/h13-37H,38H2,1-12H3. The maximum Gasteiger partial charge on any atom is 0.137 e. The van der Waals surface area contributed by atoms with Gasteiger partial charge >= 0.3 is 0 Å². The van der Waals surface area contributed by atoms with Crippen LogP contribution < -0.4 is 14.5 Å². The van der Waals surface area contributed by atoms with Crippen LogP contribution in [0.5, 0.6) is 11.5 Å². The number of hydrogen-bond donors (Lipinski definition) is 0. The van der Waals surface area contributed by atoms with E-state index in [9.17, 15) is 0 Å². The molecule has 0 bridgehead atoms. The van der Waals surface area contributed by atoms with Gasteiger partial charge in [-0.05, 0) is 132 Å². The molecular formula is C64H63N5O. The van der Waals surface area contributed by atoms with Crippen molar-refractivity contribution in [2.45, 2.75) is 110 Å². The van der Waals surface area contributed by atoms with Crippen molar-refractivity contribution in [1.82, 2.24) is 14.5 Å². The SMILES string of the molecule is CC(C)(C)c1cc2c(c(C(C)(C)C)c1)C1(c3ccc(Oc4ccc5c6ccccc6n(-c6ccccn6)c5c4)cc3N3CN(c4ccncc4)c4cccc1c43)c1c-2cc(C(C)(C)C)cc1C(C)(C)C. The first-order valence-corrected chi connectivity index (χ1v) is 25.0. The molecule has 6 aromatic carbocycles. The highest BCUT2D eigenvalue weighted by molar-refractivity contribution is 6.09. The Balaban J connectivity index is 1.17. The van der Waals surface area contributed by atoms with Crippen molar-refractivity contribution < 1.29 is 4.74 Å². The summed E-state index contributed by atoms with van der Waals surface area (Å²) in [5, 5.41) is 2.34. The quantitative estimate of drug-likeness (QED) is 0.176. The number of hydrogen-bond acceptors (Lipinski definition) is 5. The molecule has 3 aliphatic rings. The molecule has 9 aromatic rings. The van der Waals surface area contributed by atoms with E-state index in [2.05, 4.69) is 224 Å². The lowest BCUT2D eigenvalue weighted by Crippen LogP contribution is -2.40. The highest BCUT2D eigenvalue weighted by atomic mass is 16.5. The normalized spacial score (nSPS) is 14.9. The minimum absolute atomic E-state index is 0.0685. The highest BCUT2D eigenvalue weighted by Crippen LogP contribution is 2.68. The maximum atomic E-state index is 7.12. The summed E-state index contributed by atoms with van der Waals surface area (Å²) >= 11 is 0. The second kappa shape index (κ2) is 14.9. The average Bonchev–Trinajstić information content (AvgIpc) is 3.97. The largest absolute Gasteiger partial charge is 0.457 e. The van der Waals surface area contributed by atoms with E-state index in [1.165, 1.54) is 72.4 Å². The minimum Gasteiger partial charge on any atom is -0.457 e. The Morgan fingerprint density at radius 1 is 0.486 bits per heavy atom. The number of nitrogens with zero attached hydrogens (tertiary/aromatic N) is 5. The van der Waals surface area contributed by atoms with Gasteiger partial charge in [-0.2, -0.15) is 0 Å². The predicted molar refractivity (Wildman–Crippen MR) is 291 cm³/mol. The molecule has 6 heteroatoms. The summed E-state index contributed by atoms with van der Waals surface area (Å²) < 4.78 is 9.36. The number of fused-ring (bicyclic) bond motifs is 12. The fraction of sp³-hybridized carbons (Fsp3) is 0.281. The maximum absolute atomic E-state index is 7.12. The molecule has 0 saturated heterocycles. The molecule has 2 aliphatic heterocycles. The molecule has 6 nitrogen and oxygen atoms in total. The third-order valence-corrected chi connectivity index (χ3v) is 15.3. The van der Waals surface area contributed by atoms with Crippen LogP contribution in [0, 0.1) is 0 Å². The van der Waals surface area contributed by atoms with Crippen LogP contribution >= 0.6 is 0 Å². The second-order valence-electron chi connectivity index (χ2n) is 24.0. The zero-order chi connectivity index (χ0) is 48.9. The number of ether oxygens (including phenoxy) is 1. The van der Waals surface area contributed by atoms with Gasteiger partial charge in [-0.15, -0.1) is 0 Å². The number of rotatable bonds is 4. The molecule has 70 heavy (non-hydrogen) atoms. The molecule has 0 amide bonds. The lowest BCUT2D eigenvalue weighted by atomic mass is 9.59. The molecule has 1 spiro atoms. The summed E-state index contributed by atoms with van der Waals surface area (Å²) in [5.74, 6) is 2.43. The summed E-state index contributed by atoms with van der Waals surface area (Å²) in [6.07, 6.45) is 5.67. The molecule has 0 radical (unpaired) electrons. The second-order valence-corrected chi connectivity index (χ2v) is 24.0. The van der Waals surface area contributed by atoms with Crippen LogP contribution in [0.3, 0.4) is 0 Å². The van der Waals surface area contributed by atoms with Gasteiger partial charge in [0.15, 0.2) is 0 Å². The minimum atomic E-state index is -0.671. The first-order valence-electron chi connectivity index (χ1n) is 25.0. The molecule has 0 saturated carbocycles. The summed E-state index contributed by atoms with van der Waals surface area (Å²) in [5.41, 5.74) is 19.3. The summed E-state index contributed by atoms with van der Waals surface area (Å²) in [7, 11) is 0. The number of aromatic nitrogens is 3. The van der Waals surface area contributed by atoms with Gasteiger partial charge in [0.2, 0.25) is 0 Å². The van der Waals surface area contributed by atoms with Gasteiger partial charge in [0.1, 0.15) is 24.0 Å². The fourth-order valence-electron chi connectivity index (χ4n) is 11.9. The van der Waals surface area contributed by atoms with Crippen LogP contribution in [0.1, 0.15) is 128 Å². The molecule has 0 fully saturated rings. The Kier molecular flexibility index (Phi) is 9.39. The highest BCUT2D eigenvalue weighted by Gasteiger charge is 2.57. The Morgan fingerprint density at radius 2 is 1.10 bits per heavy atom. The molecule has 12 rings (SSSR count). The van der Waals surface area contributed by atoms with Gasteiger partial charge in [-0.1, -0.05) is 150 Å². The zero-order valence-electron chi connectivity index (χ0n) is 42.8. The molecule has 0 unspecified atom stereocenters. The van der Waals surface area contributed by atoms with Crippen LogP contribution in [-0.4, -0.2) is 21.2 Å². The number of benzene rings is 6. The van der Waals surface area contributed by atoms with Crippen molar-refractivity contribution in [2.75, 3.05) is 16.5 Å². The number of pyridine rings is 2. The molecular weight excluding hydrogens is 855 g/mol. The first kappa shape index (κ1) is 44.1. The zero-order valence-corrected chi connectivity index (χ0v) is 42.8. The van der Waals surface area contributed by atoms with E-state index in [1.54, 1.807) is 0 Å². The molecule has 3 aromatic heterocycles. The Morgan fingerprint density at radius 3 is 1.73 bits per heavy atom. The van der Waals surface area contributed by atoms with Crippen molar-refractivity contribution in [1.29, 1.82) is 0 Å². The van der Waals surface area contributed by atoms with Gasteiger partial charge in [0.05, 0.1) is 33.5 Å². The monoisotopic (exact) mass is 918 g/mol. The summed E-state index contributed by atoms with van der Waals surface area (Å²) in [6, 6.07) is 49.6. The van der Waals surface area contributed by atoms with E-state index < -0.39 is 5.41 Å². The van der Waals surface area contributed by atoms with Crippen molar-refractivity contribution >= 4 is 44.6 Å². The van der Waals surface area contributed by atoms with Crippen molar-refractivity contribution in [3.8, 4) is 28.4 Å². The van der Waals surface area contributed by atoms with Crippen LogP contribution in [-0.2, 0) is 27.1 Å². The Hall–Kier alpha value is -7.18. The molecule has 0 N–H and O–H groups in total. The van der Waals surface area contributed by atoms with E-state index in [0.29, 0.717) is 6.67 Å². The smallest absolute Gasteiger partial charge is 0.137 e. The van der Waals surface area contributed by atoms with Crippen LogP contribution in [0.25, 0.3) is 38.8 Å².